The fourth-order valence-corrected chi connectivity index (χ4v) is 1.83. The molecule has 0 unspecified atom stereocenters. The van der Waals surface area contributed by atoms with Crippen LogP contribution in [0.3, 0.4) is 0 Å². The molecule has 0 saturated heterocycles. The summed E-state index contributed by atoms with van der Waals surface area (Å²) in [5.74, 6) is -0.433. The minimum atomic E-state index is -0.316. The standard InChI is InChI=1S/C14H13ClN2O2/c15-11-1-2-12(13(18)9-11)14(19)17-8-5-10-3-6-16-7-4-10/h1-4,6-7,9,18H,5,8H2,(H,17,19). The van der Waals surface area contributed by atoms with E-state index in [2.05, 4.69) is 10.3 Å². The van der Waals surface area contributed by atoms with Gasteiger partial charge in [0.05, 0.1) is 5.56 Å². The Labute approximate surface area is 116 Å². The molecule has 19 heavy (non-hydrogen) atoms. The second kappa shape index (κ2) is 6.20. The molecular weight excluding hydrogens is 264 g/mol. The number of hydrogen-bond acceptors (Lipinski definition) is 3. The number of nitrogens with zero attached hydrogens (tertiary/aromatic N) is 1. The molecule has 0 aliphatic carbocycles. The van der Waals surface area contributed by atoms with Gasteiger partial charge in [-0.1, -0.05) is 11.6 Å². The molecule has 1 aromatic heterocycles. The van der Waals surface area contributed by atoms with Crippen LogP contribution in [0.2, 0.25) is 5.02 Å². The number of amides is 1. The molecule has 0 bridgehead atoms. The third-order valence-electron chi connectivity index (χ3n) is 2.65. The average molecular weight is 277 g/mol. The van der Waals surface area contributed by atoms with Gasteiger partial charge in [0, 0.05) is 24.0 Å². The lowest BCUT2D eigenvalue weighted by atomic mass is 10.1. The van der Waals surface area contributed by atoms with E-state index >= 15 is 0 Å². The molecule has 5 heteroatoms. The van der Waals surface area contributed by atoms with Crippen LogP contribution in [0.25, 0.3) is 0 Å². The van der Waals surface area contributed by atoms with Gasteiger partial charge in [0.15, 0.2) is 0 Å². The molecule has 0 saturated carbocycles. The summed E-state index contributed by atoms with van der Waals surface area (Å²) in [4.78, 5) is 15.8. The highest BCUT2D eigenvalue weighted by atomic mass is 35.5. The van der Waals surface area contributed by atoms with Crippen molar-refractivity contribution in [2.24, 2.45) is 0 Å². The van der Waals surface area contributed by atoms with Crippen molar-refractivity contribution in [1.29, 1.82) is 0 Å². The number of aromatic hydroxyl groups is 1. The van der Waals surface area contributed by atoms with Gasteiger partial charge in [-0.2, -0.15) is 0 Å². The van der Waals surface area contributed by atoms with Crippen LogP contribution in [0.5, 0.6) is 5.75 Å². The van der Waals surface area contributed by atoms with E-state index in [4.69, 9.17) is 11.6 Å². The molecule has 1 amide bonds. The van der Waals surface area contributed by atoms with Crippen LogP contribution in [0.4, 0.5) is 0 Å². The molecule has 0 aliphatic heterocycles. The number of aromatic nitrogens is 1. The van der Waals surface area contributed by atoms with Gasteiger partial charge >= 0.3 is 0 Å². The molecule has 4 nitrogen and oxygen atoms in total. The maximum atomic E-state index is 11.8. The predicted molar refractivity (Wildman–Crippen MR) is 73.4 cm³/mol. The van der Waals surface area contributed by atoms with Crippen LogP contribution in [0, 0.1) is 0 Å². The Kier molecular flexibility index (Phi) is 4.36. The highest BCUT2D eigenvalue weighted by molar-refractivity contribution is 6.30. The Hall–Kier alpha value is -2.07. The van der Waals surface area contributed by atoms with Gasteiger partial charge < -0.3 is 10.4 Å². The smallest absolute Gasteiger partial charge is 0.255 e. The van der Waals surface area contributed by atoms with Crippen molar-refractivity contribution in [2.45, 2.75) is 6.42 Å². The lowest BCUT2D eigenvalue weighted by molar-refractivity contribution is 0.0951. The lowest BCUT2D eigenvalue weighted by Gasteiger charge is -2.07. The normalized spacial score (nSPS) is 10.2. The summed E-state index contributed by atoms with van der Waals surface area (Å²) < 4.78 is 0. The van der Waals surface area contributed by atoms with Crippen LogP contribution in [0.1, 0.15) is 15.9 Å². The van der Waals surface area contributed by atoms with Crippen molar-refractivity contribution in [3.63, 3.8) is 0 Å². The number of carbonyl (C=O) groups excluding carboxylic acids is 1. The van der Waals surface area contributed by atoms with E-state index < -0.39 is 0 Å². The number of benzene rings is 1. The van der Waals surface area contributed by atoms with Crippen LogP contribution in [-0.2, 0) is 6.42 Å². The first-order chi connectivity index (χ1) is 9.16. The van der Waals surface area contributed by atoms with Crippen molar-refractivity contribution in [2.75, 3.05) is 6.54 Å². The Morgan fingerprint density at radius 3 is 2.68 bits per heavy atom. The van der Waals surface area contributed by atoms with E-state index in [0.717, 1.165) is 5.56 Å². The minimum absolute atomic E-state index is 0.117. The SMILES string of the molecule is O=C(NCCc1ccncc1)c1ccc(Cl)cc1O. The highest BCUT2D eigenvalue weighted by Crippen LogP contribution is 2.21. The quantitative estimate of drug-likeness (QED) is 0.901. The number of rotatable bonds is 4. The zero-order valence-corrected chi connectivity index (χ0v) is 10.9. The maximum Gasteiger partial charge on any atom is 0.255 e. The topological polar surface area (TPSA) is 62.2 Å². The second-order valence-electron chi connectivity index (χ2n) is 4.02. The third kappa shape index (κ3) is 3.69. The van der Waals surface area contributed by atoms with Crippen molar-refractivity contribution in [3.8, 4) is 5.75 Å². The largest absolute Gasteiger partial charge is 0.507 e. The fourth-order valence-electron chi connectivity index (χ4n) is 1.66. The molecule has 2 rings (SSSR count). The summed E-state index contributed by atoms with van der Waals surface area (Å²) in [5, 5.41) is 12.8. The Bertz CT molecular complexity index is 573. The molecule has 0 spiro atoms. The summed E-state index contributed by atoms with van der Waals surface area (Å²) in [5.41, 5.74) is 1.31. The number of nitrogens with one attached hydrogen (secondary N) is 1. The highest BCUT2D eigenvalue weighted by Gasteiger charge is 2.10. The third-order valence-corrected chi connectivity index (χ3v) is 2.89. The van der Waals surface area contributed by atoms with Gasteiger partial charge in [-0.15, -0.1) is 0 Å². The van der Waals surface area contributed by atoms with Crippen molar-refractivity contribution < 1.29 is 9.90 Å². The molecule has 1 heterocycles. The molecule has 0 aliphatic rings. The first kappa shape index (κ1) is 13.4. The Morgan fingerprint density at radius 2 is 2.00 bits per heavy atom. The maximum absolute atomic E-state index is 11.8. The predicted octanol–water partition coefficient (Wildman–Crippen LogP) is 2.41. The van der Waals surface area contributed by atoms with Crippen molar-refractivity contribution in [1.82, 2.24) is 10.3 Å². The molecule has 0 radical (unpaired) electrons. The number of pyridine rings is 1. The van der Waals surface area contributed by atoms with Crippen LogP contribution in [0.15, 0.2) is 42.7 Å². The van der Waals surface area contributed by atoms with Crippen LogP contribution in [-0.4, -0.2) is 22.5 Å². The fraction of sp³-hybridized carbons (Fsp3) is 0.143. The lowest BCUT2D eigenvalue weighted by Crippen LogP contribution is -2.25. The zero-order chi connectivity index (χ0) is 13.7. The van der Waals surface area contributed by atoms with E-state index in [1.807, 2.05) is 12.1 Å². The van der Waals surface area contributed by atoms with Crippen molar-refractivity contribution >= 4 is 17.5 Å². The zero-order valence-electron chi connectivity index (χ0n) is 10.1. The Morgan fingerprint density at radius 1 is 1.26 bits per heavy atom. The molecule has 1 aromatic carbocycles. The Balaban J connectivity index is 1.91. The number of phenols is 1. The minimum Gasteiger partial charge on any atom is -0.507 e. The first-order valence-electron chi connectivity index (χ1n) is 5.82. The molecule has 0 fully saturated rings. The number of phenolic OH excluding ortho intramolecular Hbond substituents is 1. The van der Waals surface area contributed by atoms with E-state index in [1.165, 1.54) is 12.1 Å². The number of hydrogen-bond donors (Lipinski definition) is 2. The molecule has 2 aromatic rings. The molecule has 2 N–H and O–H groups in total. The summed E-state index contributed by atoms with van der Waals surface area (Å²) in [6.07, 6.45) is 4.13. The van der Waals surface area contributed by atoms with Gasteiger partial charge in [-0.3, -0.25) is 9.78 Å². The van der Waals surface area contributed by atoms with Gasteiger partial charge in [-0.25, -0.2) is 0 Å². The molecule has 98 valence electrons. The molecular formula is C14H13ClN2O2. The van der Waals surface area contributed by atoms with E-state index in [9.17, 15) is 9.90 Å². The van der Waals surface area contributed by atoms with E-state index in [1.54, 1.807) is 18.5 Å². The summed E-state index contributed by atoms with van der Waals surface area (Å²) in [7, 11) is 0. The van der Waals surface area contributed by atoms with Gasteiger partial charge in [0.1, 0.15) is 5.75 Å². The second-order valence-corrected chi connectivity index (χ2v) is 4.46. The molecule has 0 atom stereocenters. The summed E-state index contributed by atoms with van der Waals surface area (Å²) >= 11 is 5.71. The van der Waals surface area contributed by atoms with Gasteiger partial charge in [-0.05, 0) is 42.3 Å². The number of carbonyl (C=O) groups is 1. The monoisotopic (exact) mass is 276 g/mol. The van der Waals surface area contributed by atoms with E-state index in [-0.39, 0.29) is 17.2 Å². The van der Waals surface area contributed by atoms with Gasteiger partial charge in [0.25, 0.3) is 5.91 Å². The van der Waals surface area contributed by atoms with E-state index in [0.29, 0.717) is 18.0 Å². The van der Waals surface area contributed by atoms with Crippen LogP contribution < -0.4 is 5.32 Å². The first-order valence-corrected chi connectivity index (χ1v) is 6.20. The summed E-state index contributed by atoms with van der Waals surface area (Å²) in [6, 6.07) is 8.20. The van der Waals surface area contributed by atoms with Crippen molar-refractivity contribution in [3.05, 3.63) is 58.9 Å². The van der Waals surface area contributed by atoms with Gasteiger partial charge in [0.2, 0.25) is 0 Å². The van der Waals surface area contributed by atoms with Crippen LogP contribution >= 0.6 is 11.6 Å². The number of halogens is 1. The summed E-state index contributed by atoms with van der Waals surface area (Å²) in [6.45, 7) is 0.491. The average Bonchev–Trinajstić information content (AvgIpc) is 2.39.